The topological polar surface area (TPSA) is 264 Å². The number of alkyl halides is 1. The molecule has 0 aliphatic carbocycles. The van der Waals surface area contributed by atoms with Gasteiger partial charge in [-0.3, -0.25) is 19.2 Å². The predicted octanol–water partition coefficient (Wildman–Crippen LogP) is 8.09. The van der Waals surface area contributed by atoms with Gasteiger partial charge in [-0.15, -0.1) is 16.7 Å². The maximum atomic E-state index is 13.8. The van der Waals surface area contributed by atoms with E-state index in [2.05, 4.69) is 20.6 Å². The molecule has 87 heavy (non-hydrogen) atoms. The number of rotatable bonds is 26. The van der Waals surface area contributed by atoms with Crippen LogP contribution in [-0.2, 0) is 82.4 Å². The molecule has 0 saturated heterocycles. The molecule has 3 aliphatic heterocycles. The predicted molar refractivity (Wildman–Crippen MR) is 315 cm³/mol. The SMILES string of the molecule is C/C=C\C1=C(/C=C\CC(=O)NCCOCCOCCOCCn2cc(COC(=O)c3ccc(C4c5[nH]c6ccccc6c5C[C@H](C(=O)OC)N4C(=O)CCl)cc3)nn2)C2(OC1=O)c1ccc(OC(=O)C(C)C)cc1Oc1cc(OC(=O)C(C)C)ccc12. The molecule has 2 amide bonds. The van der Waals surface area contributed by atoms with E-state index in [1.54, 1.807) is 118 Å². The van der Waals surface area contributed by atoms with Crippen LogP contribution < -0.4 is 19.5 Å². The second-order valence-electron chi connectivity index (χ2n) is 21.1. The average Bonchev–Trinajstić information content (AvgIpc) is 1.69. The van der Waals surface area contributed by atoms with E-state index in [0.29, 0.717) is 60.9 Å². The van der Waals surface area contributed by atoms with Crippen LogP contribution in [-0.4, -0.2) is 132 Å². The van der Waals surface area contributed by atoms with Crippen LogP contribution in [0.25, 0.3) is 10.9 Å². The number of ether oxygens (including phenoxy) is 9. The fourth-order valence-electron chi connectivity index (χ4n) is 10.3. The molecule has 456 valence electrons. The van der Waals surface area contributed by atoms with E-state index < -0.39 is 65.3 Å². The number of benzene rings is 4. The fourth-order valence-corrected chi connectivity index (χ4v) is 10.4. The van der Waals surface area contributed by atoms with E-state index in [9.17, 15) is 33.6 Å². The zero-order valence-electron chi connectivity index (χ0n) is 49.0. The summed E-state index contributed by atoms with van der Waals surface area (Å²) in [6.07, 6.45) is 8.52. The number of nitrogens with zero attached hydrogens (tertiary/aromatic N) is 4. The molecule has 22 nitrogen and oxygen atoms in total. The van der Waals surface area contributed by atoms with Crippen molar-refractivity contribution in [3.8, 4) is 23.0 Å². The zero-order chi connectivity index (χ0) is 61.8. The molecule has 2 atom stereocenters. The molecule has 5 heterocycles. The van der Waals surface area contributed by atoms with E-state index in [0.717, 1.165) is 22.2 Å². The highest BCUT2D eigenvalue weighted by Crippen LogP contribution is 2.58. The number of nitrogens with one attached hydrogen (secondary N) is 2. The number of allylic oxidation sites excluding steroid dienone is 1. The highest BCUT2D eigenvalue weighted by Gasteiger charge is 2.54. The third-order valence-corrected chi connectivity index (χ3v) is 14.7. The van der Waals surface area contributed by atoms with Gasteiger partial charge in [0.2, 0.25) is 11.8 Å². The van der Waals surface area contributed by atoms with Gasteiger partial charge in [0, 0.05) is 64.8 Å². The van der Waals surface area contributed by atoms with Crippen molar-refractivity contribution in [2.45, 2.75) is 78.3 Å². The van der Waals surface area contributed by atoms with E-state index in [4.69, 9.17) is 54.2 Å². The molecule has 3 aliphatic rings. The number of H-pyrrole nitrogens is 1. The van der Waals surface area contributed by atoms with E-state index in [1.165, 1.54) is 24.1 Å². The van der Waals surface area contributed by atoms with Crippen molar-refractivity contribution in [3.63, 3.8) is 0 Å². The Labute approximate surface area is 506 Å². The normalized spacial score (nSPS) is 15.8. The van der Waals surface area contributed by atoms with Crippen molar-refractivity contribution in [1.29, 1.82) is 0 Å². The first-order valence-electron chi connectivity index (χ1n) is 28.4. The van der Waals surface area contributed by atoms with E-state index >= 15 is 0 Å². The van der Waals surface area contributed by atoms with Crippen LogP contribution in [0.3, 0.4) is 0 Å². The minimum atomic E-state index is -1.57. The van der Waals surface area contributed by atoms with Gasteiger partial charge in [0.25, 0.3) is 0 Å². The molecule has 1 spiro atoms. The van der Waals surface area contributed by atoms with Gasteiger partial charge in [-0.1, -0.05) is 87.5 Å². The number of carbonyl (C=O) groups is 7. The number of hydrogen-bond donors (Lipinski definition) is 2. The van der Waals surface area contributed by atoms with Crippen LogP contribution in [0.1, 0.15) is 91.1 Å². The molecule has 23 heteroatoms. The second-order valence-corrected chi connectivity index (χ2v) is 21.3. The number of esters is 5. The van der Waals surface area contributed by atoms with Gasteiger partial charge in [0.05, 0.1) is 88.5 Å². The number of carbonyl (C=O) groups excluding carboxylic acids is 7. The summed E-state index contributed by atoms with van der Waals surface area (Å²) in [5, 5.41) is 12.0. The van der Waals surface area contributed by atoms with Gasteiger partial charge in [-0.05, 0) is 60.5 Å². The van der Waals surface area contributed by atoms with Crippen LogP contribution in [0.2, 0.25) is 0 Å². The van der Waals surface area contributed by atoms with E-state index in [-0.39, 0.29) is 85.1 Å². The molecule has 2 aromatic heterocycles. The van der Waals surface area contributed by atoms with Gasteiger partial charge in [0.1, 0.15) is 47.2 Å². The Morgan fingerprint density at radius 3 is 2.10 bits per heavy atom. The van der Waals surface area contributed by atoms with Gasteiger partial charge in [-0.25, -0.2) is 19.1 Å². The van der Waals surface area contributed by atoms with Crippen molar-refractivity contribution in [2.24, 2.45) is 11.8 Å². The Hall–Kier alpha value is -8.96. The zero-order valence-corrected chi connectivity index (χ0v) is 49.7. The highest BCUT2D eigenvalue weighted by molar-refractivity contribution is 6.27. The number of halogens is 1. The number of hydrogen-bond acceptors (Lipinski definition) is 18. The van der Waals surface area contributed by atoms with Gasteiger partial charge in [-0.2, -0.15) is 0 Å². The first kappa shape index (κ1) is 62.6. The second kappa shape index (κ2) is 28.5. The Morgan fingerprint density at radius 2 is 1.47 bits per heavy atom. The van der Waals surface area contributed by atoms with E-state index in [1.807, 2.05) is 24.3 Å². The smallest absolute Gasteiger partial charge is 0.340 e. The van der Waals surface area contributed by atoms with Crippen molar-refractivity contribution in [2.75, 3.05) is 59.2 Å². The number of aromatic nitrogens is 4. The standard InChI is InChI=1S/C64H67ClN6O16/c1-7-11-46-48(64(87-62(46)77)49-22-20-43(84-59(74)38(2)3)32-53(49)86-54-33-44(21-23-50(54)64)85-60(75)39(4)5)13-10-15-55(72)66-24-26-80-28-30-82-31-29-81-27-25-70-36-42(68-69-70)37-83-61(76)41-18-16-40(17-19-41)58-57-47(45-12-8-9-14-51(45)67-57)34-52(63(78)79-6)71(58)56(73)35-65/h7-14,16-23,32-33,36,38-39,52,58,67H,15,24-31,34-35,37H2,1-6H3,(H,66,72)/b11-7-,13-10-/t52-,58?/m1/s1. The summed E-state index contributed by atoms with van der Waals surface area (Å²) in [7, 11) is 1.28. The highest BCUT2D eigenvalue weighted by atomic mass is 35.5. The molecule has 0 fully saturated rings. The number of aromatic amines is 1. The first-order chi connectivity index (χ1) is 42.0. The van der Waals surface area contributed by atoms with Gasteiger partial charge >= 0.3 is 29.8 Å². The summed E-state index contributed by atoms with van der Waals surface area (Å²) in [4.78, 5) is 96.5. The number of para-hydroxylation sites is 1. The Morgan fingerprint density at radius 1 is 0.828 bits per heavy atom. The molecule has 0 radical (unpaired) electrons. The molecule has 6 aromatic rings. The molecule has 0 saturated carbocycles. The van der Waals surface area contributed by atoms with Crippen LogP contribution in [0.4, 0.5) is 0 Å². The first-order valence-corrected chi connectivity index (χ1v) is 29.0. The quantitative estimate of drug-likeness (QED) is 0.0171. The lowest BCUT2D eigenvalue weighted by molar-refractivity contribution is -0.154. The fraction of sp³-hybridized carbons (Fsp3) is 0.359. The Balaban J connectivity index is 0.688. The number of amides is 2. The molecule has 0 bridgehead atoms. The Kier molecular flexibility index (Phi) is 20.5. The lowest BCUT2D eigenvalue weighted by Crippen LogP contribution is -2.52. The maximum Gasteiger partial charge on any atom is 0.340 e. The summed E-state index contributed by atoms with van der Waals surface area (Å²) in [6, 6.07) is 22.3. The van der Waals surface area contributed by atoms with Crippen molar-refractivity contribution in [3.05, 3.63) is 166 Å². The van der Waals surface area contributed by atoms with Crippen molar-refractivity contribution in [1.82, 2.24) is 30.2 Å². The maximum absolute atomic E-state index is 13.8. The van der Waals surface area contributed by atoms with Crippen molar-refractivity contribution >= 4 is 64.2 Å². The summed E-state index contributed by atoms with van der Waals surface area (Å²) in [6.45, 7) is 10.9. The number of fused-ring (bicyclic) bond motifs is 7. The minimum absolute atomic E-state index is 0.0455. The monoisotopic (exact) mass is 1210 g/mol. The average molecular weight is 1210 g/mol. The van der Waals surface area contributed by atoms with Gasteiger partial charge in [0.15, 0.2) is 5.60 Å². The molecule has 9 rings (SSSR count). The number of methoxy groups -OCH3 is 1. The summed E-state index contributed by atoms with van der Waals surface area (Å²) in [5.41, 5.74) is 3.83. The molecular weight excluding hydrogens is 1140 g/mol. The summed E-state index contributed by atoms with van der Waals surface area (Å²) >= 11 is 6.09. The van der Waals surface area contributed by atoms with Gasteiger partial charge < -0.3 is 57.8 Å². The summed E-state index contributed by atoms with van der Waals surface area (Å²) in [5.74, 6) is -3.68. The molecular formula is C64H67ClN6O16. The van der Waals surface area contributed by atoms with Crippen molar-refractivity contribution < 1.29 is 76.2 Å². The lowest BCUT2D eigenvalue weighted by Gasteiger charge is -2.40. The van der Waals surface area contributed by atoms with Crippen LogP contribution in [0.5, 0.6) is 23.0 Å². The summed E-state index contributed by atoms with van der Waals surface area (Å²) < 4.78 is 53.1. The largest absolute Gasteiger partial charge is 0.467 e. The molecule has 1 unspecified atom stereocenters. The Bertz CT molecular complexity index is 3570. The van der Waals surface area contributed by atoms with Crippen LogP contribution >= 0.6 is 11.6 Å². The van der Waals surface area contributed by atoms with Crippen LogP contribution in [0, 0.1) is 11.8 Å². The van der Waals surface area contributed by atoms with Crippen LogP contribution in [0.15, 0.2) is 127 Å². The lowest BCUT2D eigenvalue weighted by atomic mass is 9.76. The molecule has 2 N–H and O–H groups in total. The third kappa shape index (κ3) is 14.2. The minimum Gasteiger partial charge on any atom is -0.467 e. The third-order valence-electron chi connectivity index (χ3n) is 14.5. The molecule has 4 aromatic carbocycles.